The molecule has 0 saturated carbocycles. The minimum Gasteiger partial charge on any atom is -0.490 e. The van der Waals surface area contributed by atoms with E-state index in [-0.39, 0.29) is 23.4 Å². The van der Waals surface area contributed by atoms with Crippen molar-refractivity contribution >= 4 is 35.1 Å². The fourth-order valence-corrected chi connectivity index (χ4v) is 6.04. The second-order valence-electron chi connectivity index (χ2n) is 12.9. The van der Waals surface area contributed by atoms with Gasteiger partial charge in [0.25, 0.3) is 0 Å². The lowest BCUT2D eigenvalue weighted by Gasteiger charge is -2.26. The number of carbonyl (C=O) groups is 2. The number of hydrogen-bond donors (Lipinski definition) is 2. The van der Waals surface area contributed by atoms with Crippen molar-refractivity contribution < 1.29 is 23.5 Å². The van der Waals surface area contributed by atoms with Crippen LogP contribution in [0.25, 0.3) is 0 Å². The molecule has 0 spiro atoms. The zero-order valence-corrected chi connectivity index (χ0v) is 29.9. The maximum atomic E-state index is 15.1. The van der Waals surface area contributed by atoms with E-state index < -0.39 is 11.9 Å². The molecule has 1 aromatic heterocycles. The van der Waals surface area contributed by atoms with Gasteiger partial charge in [0, 0.05) is 43.5 Å². The maximum absolute atomic E-state index is 15.1. The summed E-state index contributed by atoms with van der Waals surface area (Å²) in [7, 11) is 0. The van der Waals surface area contributed by atoms with Crippen LogP contribution < -0.4 is 25.0 Å². The van der Waals surface area contributed by atoms with Crippen molar-refractivity contribution in [3.05, 3.63) is 95.4 Å². The Morgan fingerprint density at radius 1 is 0.961 bits per heavy atom. The first-order valence-corrected chi connectivity index (χ1v) is 18.0. The lowest BCUT2D eigenvalue weighted by Crippen LogP contribution is -2.31. The topological polar surface area (TPSA) is 109 Å². The number of halogens is 1. The molecule has 0 radical (unpaired) electrons. The number of rotatable bonds is 16. The summed E-state index contributed by atoms with van der Waals surface area (Å²) < 4.78 is 26.8. The van der Waals surface area contributed by atoms with Gasteiger partial charge in [-0.05, 0) is 100.0 Å². The predicted molar refractivity (Wildman–Crippen MR) is 199 cm³/mol. The molecule has 0 atom stereocenters. The van der Waals surface area contributed by atoms with Crippen molar-refractivity contribution in [2.24, 2.45) is 0 Å². The molecule has 1 fully saturated rings. The van der Waals surface area contributed by atoms with Crippen LogP contribution in [0, 0.1) is 19.7 Å². The fraction of sp³-hybridized carbons (Fsp3) is 0.400. The lowest BCUT2D eigenvalue weighted by molar-refractivity contribution is -0.121. The largest absolute Gasteiger partial charge is 0.490 e. The van der Waals surface area contributed by atoms with Gasteiger partial charge >= 0.3 is 6.09 Å². The average molecular weight is 697 g/mol. The van der Waals surface area contributed by atoms with Gasteiger partial charge in [0.05, 0.1) is 12.3 Å². The summed E-state index contributed by atoms with van der Waals surface area (Å²) in [6, 6.07) is 19.3. The minimum atomic E-state index is -0.667. The summed E-state index contributed by atoms with van der Waals surface area (Å²) in [4.78, 5) is 39.1. The summed E-state index contributed by atoms with van der Waals surface area (Å²) >= 11 is 0. The number of carbonyl (C=O) groups excluding carboxylic acids is 2. The predicted octanol–water partition coefficient (Wildman–Crippen LogP) is 8.42. The van der Waals surface area contributed by atoms with Gasteiger partial charge in [-0.2, -0.15) is 4.98 Å². The lowest BCUT2D eigenvalue weighted by atomic mass is 10.1. The molecule has 0 aliphatic carbocycles. The highest BCUT2D eigenvalue weighted by Crippen LogP contribution is 2.30. The number of ether oxygens (including phenoxy) is 2. The number of anilines is 4. The highest BCUT2D eigenvalue weighted by molar-refractivity contribution is 5.96. The third-order valence-electron chi connectivity index (χ3n) is 8.83. The van der Waals surface area contributed by atoms with E-state index in [1.165, 1.54) is 36.4 Å². The highest BCUT2D eigenvalue weighted by atomic mass is 19.1. The van der Waals surface area contributed by atoms with Crippen LogP contribution >= 0.6 is 0 Å². The standard InChI is InChI=1S/C40H49FN6O4/c1-4-5-21-42-37(48)19-16-31-14-10-15-33(27-31)47(40(49)51-38-29(2)12-9-13-30(38)3)36-20-22-43-39(45-36)44-32-17-18-35(34(41)28-32)50-26-11-25-46-23-7-6-8-24-46/h9-10,12-15,17-18,20,22,27-28H,4-8,11,16,19,21,23-26H2,1-3H3,(H,42,48)(H,43,44,45). The summed E-state index contributed by atoms with van der Waals surface area (Å²) in [6.07, 6.45) is 8.20. The molecule has 2 N–H and O–H groups in total. The van der Waals surface area contributed by atoms with E-state index in [2.05, 4.69) is 32.4 Å². The SMILES string of the molecule is CCCCNC(=O)CCc1cccc(N(C(=O)Oc2c(C)cccc2C)c2ccnc(Nc3ccc(OCCCN4CCCCC4)c(F)c3)n2)c1. The Morgan fingerprint density at radius 2 is 1.75 bits per heavy atom. The van der Waals surface area contributed by atoms with Crippen LogP contribution in [0.15, 0.2) is 72.9 Å². The molecule has 270 valence electrons. The van der Waals surface area contributed by atoms with Crippen LogP contribution in [-0.2, 0) is 11.2 Å². The summed E-state index contributed by atoms with van der Waals surface area (Å²) in [5, 5.41) is 6.00. The van der Waals surface area contributed by atoms with Gasteiger partial charge in [-0.15, -0.1) is 0 Å². The maximum Gasteiger partial charge on any atom is 0.425 e. The molecule has 11 heteroatoms. The summed E-state index contributed by atoms with van der Waals surface area (Å²) in [5.41, 5.74) is 3.43. The second-order valence-corrected chi connectivity index (χ2v) is 12.9. The molecule has 1 aliphatic rings. The van der Waals surface area contributed by atoms with Gasteiger partial charge < -0.3 is 25.0 Å². The number of piperidine rings is 1. The first-order chi connectivity index (χ1) is 24.8. The van der Waals surface area contributed by atoms with E-state index in [1.54, 1.807) is 24.3 Å². The second kappa shape index (κ2) is 18.8. The highest BCUT2D eigenvalue weighted by Gasteiger charge is 2.24. The van der Waals surface area contributed by atoms with Crippen molar-refractivity contribution in [3.8, 4) is 11.5 Å². The zero-order valence-electron chi connectivity index (χ0n) is 29.9. The number of para-hydroxylation sites is 1. The molecular weight excluding hydrogens is 647 g/mol. The molecule has 51 heavy (non-hydrogen) atoms. The summed E-state index contributed by atoms with van der Waals surface area (Å²) in [6.45, 7) is 10.1. The molecule has 5 rings (SSSR count). The molecule has 0 unspecified atom stereocenters. The van der Waals surface area contributed by atoms with Crippen molar-refractivity contribution in [2.45, 2.75) is 72.1 Å². The Bertz CT molecular complexity index is 1740. The van der Waals surface area contributed by atoms with E-state index in [0.29, 0.717) is 43.1 Å². The molecular formula is C40H49FN6O4. The van der Waals surface area contributed by atoms with E-state index in [9.17, 15) is 9.59 Å². The van der Waals surface area contributed by atoms with Crippen LogP contribution in [-0.4, -0.2) is 59.7 Å². The Balaban J connectivity index is 1.32. The minimum absolute atomic E-state index is 0.0180. The normalized spacial score (nSPS) is 13.0. The van der Waals surface area contributed by atoms with Crippen LogP contribution in [0.4, 0.5) is 32.3 Å². The van der Waals surface area contributed by atoms with E-state index in [1.807, 2.05) is 50.2 Å². The van der Waals surface area contributed by atoms with Crippen LogP contribution in [0.2, 0.25) is 0 Å². The third-order valence-corrected chi connectivity index (χ3v) is 8.83. The Labute approximate surface area is 300 Å². The number of nitrogens with one attached hydrogen (secondary N) is 2. The fourth-order valence-electron chi connectivity index (χ4n) is 6.04. The van der Waals surface area contributed by atoms with Crippen molar-refractivity contribution in [1.82, 2.24) is 20.2 Å². The molecule has 2 amide bonds. The number of likely N-dealkylation sites (tertiary alicyclic amines) is 1. The number of aromatic nitrogens is 2. The molecule has 2 heterocycles. The van der Waals surface area contributed by atoms with E-state index in [0.717, 1.165) is 55.6 Å². The van der Waals surface area contributed by atoms with Crippen molar-refractivity contribution in [1.29, 1.82) is 0 Å². The van der Waals surface area contributed by atoms with Gasteiger partial charge in [0.2, 0.25) is 11.9 Å². The average Bonchev–Trinajstić information content (AvgIpc) is 3.13. The van der Waals surface area contributed by atoms with Gasteiger partial charge in [-0.3, -0.25) is 4.79 Å². The monoisotopic (exact) mass is 696 g/mol. The molecule has 4 aromatic rings. The van der Waals surface area contributed by atoms with Crippen molar-refractivity contribution in [3.63, 3.8) is 0 Å². The Kier molecular flexibility index (Phi) is 13.7. The van der Waals surface area contributed by atoms with Crippen LogP contribution in [0.1, 0.15) is 68.6 Å². The first kappa shape index (κ1) is 37.2. The van der Waals surface area contributed by atoms with E-state index >= 15 is 4.39 Å². The van der Waals surface area contributed by atoms with Gasteiger partial charge in [0.1, 0.15) is 11.6 Å². The number of amides is 2. The number of hydrogen-bond acceptors (Lipinski definition) is 8. The van der Waals surface area contributed by atoms with Gasteiger partial charge in [-0.1, -0.05) is 50.1 Å². The molecule has 1 aliphatic heterocycles. The molecule has 3 aromatic carbocycles. The molecule has 10 nitrogen and oxygen atoms in total. The van der Waals surface area contributed by atoms with Gasteiger partial charge in [0.15, 0.2) is 11.6 Å². The smallest absolute Gasteiger partial charge is 0.425 e. The Morgan fingerprint density at radius 3 is 2.51 bits per heavy atom. The molecule has 0 bridgehead atoms. The van der Waals surface area contributed by atoms with Crippen LogP contribution in [0.5, 0.6) is 11.5 Å². The zero-order chi connectivity index (χ0) is 36.0. The number of aryl methyl sites for hydroxylation is 3. The van der Waals surface area contributed by atoms with Crippen LogP contribution in [0.3, 0.4) is 0 Å². The first-order valence-electron chi connectivity index (χ1n) is 18.0. The van der Waals surface area contributed by atoms with E-state index in [4.69, 9.17) is 9.47 Å². The number of unbranched alkanes of at least 4 members (excludes halogenated alkanes) is 1. The Hall–Kier alpha value is -5.03. The quantitative estimate of drug-likeness (QED) is 0.112. The third kappa shape index (κ3) is 11.0. The van der Waals surface area contributed by atoms with Crippen molar-refractivity contribution in [2.75, 3.05) is 43.0 Å². The number of nitrogens with zero attached hydrogens (tertiary/aromatic N) is 4. The number of benzene rings is 3. The summed E-state index contributed by atoms with van der Waals surface area (Å²) in [5.74, 6) is 0.537. The molecule has 1 saturated heterocycles. The van der Waals surface area contributed by atoms with Gasteiger partial charge in [-0.25, -0.2) is 19.1 Å².